The van der Waals surface area contributed by atoms with Crippen LogP contribution in [0.25, 0.3) is 0 Å². The fourth-order valence-electron chi connectivity index (χ4n) is 4.73. The molecule has 0 radical (unpaired) electrons. The van der Waals surface area contributed by atoms with Gasteiger partial charge in [0.15, 0.2) is 0 Å². The first-order valence-corrected chi connectivity index (χ1v) is 14.7. The van der Waals surface area contributed by atoms with E-state index in [0.717, 1.165) is 47.7 Å². The number of halogens is 2. The maximum atomic E-state index is 13.9. The number of carbonyl (C=O) groups excluding carboxylic acids is 2. The molecule has 0 heterocycles. The van der Waals surface area contributed by atoms with Crippen LogP contribution in [0.5, 0.6) is 0 Å². The summed E-state index contributed by atoms with van der Waals surface area (Å²) in [4.78, 5) is 28.3. The Morgan fingerprint density at radius 2 is 1.45 bits per heavy atom. The summed E-state index contributed by atoms with van der Waals surface area (Å²) in [6.07, 6.45) is 3.75. The molecule has 1 aliphatic rings. The Morgan fingerprint density at radius 1 is 0.900 bits per heavy atom. The van der Waals surface area contributed by atoms with Crippen LogP contribution in [0.4, 0.5) is 14.5 Å². The molecule has 10 heteroatoms. The number of nitrogens with zero attached hydrogens (tertiary/aromatic N) is 2. The van der Waals surface area contributed by atoms with Gasteiger partial charge in [0, 0.05) is 12.6 Å². The molecule has 3 aromatic rings. The molecule has 0 saturated heterocycles. The number of carbonyl (C=O) groups is 2. The molecule has 7 nitrogen and oxygen atoms in total. The predicted octanol–water partition coefficient (Wildman–Crippen LogP) is 4.94. The lowest BCUT2D eigenvalue weighted by Gasteiger charge is -2.32. The summed E-state index contributed by atoms with van der Waals surface area (Å²) in [5.41, 5.74) is 1.53. The molecule has 3 aromatic carbocycles. The number of amides is 2. The van der Waals surface area contributed by atoms with Gasteiger partial charge in [0.25, 0.3) is 10.0 Å². The standard InChI is InChI=1S/C30H33F2N3O4S/c1-21-7-17-28(18-8-21)40(38,39)35(27-15-13-25(32)14-16-27)20-29(36)34(19-23-9-11-24(31)12-10-23)22(2)30(37)33-26-5-3-4-6-26/h7-18,22,26H,3-6,19-20H2,1-2H3,(H,33,37)/t22-/m0/s1. The average molecular weight is 570 g/mol. The van der Waals surface area contributed by atoms with Crippen LogP contribution in [0.1, 0.15) is 43.7 Å². The van der Waals surface area contributed by atoms with Gasteiger partial charge < -0.3 is 10.2 Å². The monoisotopic (exact) mass is 569 g/mol. The van der Waals surface area contributed by atoms with Gasteiger partial charge in [-0.3, -0.25) is 13.9 Å². The Morgan fingerprint density at radius 3 is 2.02 bits per heavy atom. The second-order valence-electron chi connectivity index (χ2n) is 10.1. The van der Waals surface area contributed by atoms with E-state index < -0.39 is 40.2 Å². The maximum absolute atomic E-state index is 13.9. The van der Waals surface area contributed by atoms with Crippen molar-refractivity contribution >= 4 is 27.5 Å². The fraction of sp³-hybridized carbons (Fsp3) is 0.333. The lowest BCUT2D eigenvalue weighted by atomic mass is 10.1. The van der Waals surface area contributed by atoms with E-state index in [-0.39, 0.29) is 29.1 Å². The Balaban J connectivity index is 1.67. The molecule has 1 saturated carbocycles. The van der Waals surface area contributed by atoms with E-state index in [4.69, 9.17) is 0 Å². The number of rotatable bonds is 10. The van der Waals surface area contributed by atoms with Crippen molar-refractivity contribution in [3.63, 3.8) is 0 Å². The van der Waals surface area contributed by atoms with Crippen LogP contribution in [-0.4, -0.2) is 43.8 Å². The second-order valence-corrected chi connectivity index (χ2v) is 12.0. The van der Waals surface area contributed by atoms with E-state index in [1.807, 2.05) is 6.92 Å². The first-order valence-electron chi connectivity index (χ1n) is 13.2. The highest BCUT2D eigenvalue weighted by molar-refractivity contribution is 7.92. The van der Waals surface area contributed by atoms with Gasteiger partial charge in [-0.1, -0.05) is 42.7 Å². The molecule has 1 aliphatic carbocycles. The number of hydrogen-bond acceptors (Lipinski definition) is 4. The summed E-state index contributed by atoms with van der Waals surface area (Å²) in [6, 6.07) is 15.6. The third kappa shape index (κ3) is 7.04. The topological polar surface area (TPSA) is 86.8 Å². The van der Waals surface area contributed by atoms with Crippen molar-refractivity contribution in [1.82, 2.24) is 10.2 Å². The molecule has 40 heavy (non-hydrogen) atoms. The average Bonchev–Trinajstić information content (AvgIpc) is 3.44. The minimum Gasteiger partial charge on any atom is -0.352 e. The van der Waals surface area contributed by atoms with Crippen molar-refractivity contribution in [3.8, 4) is 0 Å². The molecule has 0 spiro atoms. The van der Waals surface area contributed by atoms with Crippen molar-refractivity contribution in [3.05, 3.63) is 95.6 Å². The zero-order chi connectivity index (χ0) is 28.9. The predicted molar refractivity (Wildman–Crippen MR) is 149 cm³/mol. The Labute approximate surface area is 233 Å². The van der Waals surface area contributed by atoms with E-state index in [1.165, 1.54) is 53.4 Å². The highest BCUT2D eigenvalue weighted by Crippen LogP contribution is 2.25. The molecule has 212 valence electrons. The molecule has 4 rings (SSSR count). The summed E-state index contributed by atoms with van der Waals surface area (Å²) in [7, 11) is -4.24. The minimum absolute atomic E-state index is 0.0235. The molecule has 2 amide bonds. The van der Waals surface area contributed by atoms with Crippen molar-refractivity contribution in [2.24, 2.45) is 0 Å². The zero-order valence-electron chi connectivity index (χ0n) is 22.5. The number of sulfonamides is 1. The summed E-state index contributed by atoms with van der Waals surface area (Å²) in [5, 5.41) is 3.00. The molecule has 0 aliphatic heterocycles. The zero-order valence-corrected chi connectivity index (χ0v) is 23.3. The van der Waals surface area contributed by atoms with Crippen LogP contribution in [-0.2, 0) is 26.2 Å². The van der Waals surface area contributed by atoms with Gasteiger partial charge in [-0.05, 0) is 80.8 Å². The largest absolute Gasteiger partial charge is 0.352 e. The second kappa shape index (κ2) is 12.6. The number of hydrogen-bond donors (Lipinski definition) is 1. The molecule has 1 N–H and O–H groups in total. The summed E-state index contributed by atoms with van der Waals surface area (Å²) >= 11 is 0. The Hall–Kier alpha value is -3.79. The number of benzene rings is 3. The van der Waals surface area contributed by atoms with Crippen LogP contribution in [0.2, 0.25) is 0 Å². The van der Waals surface area contributed by atoms with Crippen LogP contribution >= 0.6 is 0 Å². The van der Waals surface area contributed by atoms with E-state index in [1.54, 1.807) is 19.1 Å². The first-order chi connectivity index (χ1) is 19.0. The number of anilines is 1. The number of nitrogens with one attached hydrogen (secondary N) is 1. The van der Waals surface area contributed by atoms with E-state index in [2.05, 4.69) is 5.32 Å². The van der Waals surface area contributed by atoms with Crippen molar-refractivity contribution in [2.45, 2.75) is 63.1 Å². The van der Waals surface area contributed by atoms with Crippen molar-refractivity contribution in [1.29, 1.82) is 0 Å². The minimum atomic E-state index is -4.24. The molecule has 0 bridgehead atoms. The van der Waals surface area contributed by atoms with Crippen molar-refractivity contribution in [2.75, 3.05) is 10.8 Å². The Bertz CT molecular complexity index is 1420. The van der Waals surface area contributed by atoms with Gasteiger partial charge in [0.05, 0.1) is 10.6 Å². The van der Waals surface area contributed by atoms with Crippen LogP contribution in [0.15, 0.2) is 77.7 Å². The summed E-state index contributed by atoms with van der Waals surface area (Å²) in [6.45, 7) is 2.73. The van der Waals surface area contributed by atoms with E-state index in [9.17, 15) is 26.8 Å². The summed E-state index contributed by atoms with van der Waals surface area (Å²) in [5.74, 6) is -1.99. The van der Waals surface area contributed by atoms with Gasteiger partial charge in [-0.15, -0.1) is 0 Å². The number of aryl methyl sites for hydroxylation is 1. The molecule has 1 atom stereocenters. The van der Waals surface area contributed by atoms with Crippen LogP contribution in [0.3, 0.4) is 0 Å². The van der Waals surface area contributed by atoms with Crippen LogP contribution in [0, 0.1) is 18.6 Å². The molecule has 1 fully saturated rings. The van der Waals surface area contributed by atoms with Crippen molar-refractivity contribution < 1.29 is 26.8 Å². The van der Waals surface area contributed by atoms with Gasteiger partial charge in [-0.25, -0.2) is 17.2 Å². The lowest BCUT2D eigenvalue weighted by molar-refractivity contribution is -0.139. The third-order valence-corrected chi connectivity index (χ3v) is 8.93. The lowest BCUT2D eigenvalue weighted by Crippen LogP contribution is -2.52. The third-order valence-electron chi connectivity index (χ3n) is 7.14. The fourth-order valence-corrected chi connectivity index (χ4v) is 6.15. The quantitative estimate of drug-likeness (QED) is 0.375. The highest BCUT2D eigenvalue weighted by atomic mass is 32.2. The maximum Gasteiger partial charge on any atom is 0.264 e. The van der Waals surface area contributed by atoms with Gasteiger partial charge in [0.1, 0.15) is 24.2 Å². The molecule has 0 aromatic heterocycles. The molecule has 0 unspecified atom stereocenters. The molecular formula is C30H33F2N3O4S. The van der Waals surface area contributed by atoms with Gasteiger partial charge in [0.2, 0.25) is 11.8 Å². The van der Waals surface area contributed by atoms with Gasteiger partial charge >= 0.3 is 0 Å². The highest BCUT2D eigenvalue weighted by Gasteiger charge is 2.33. The van der Waals surface area contributed by atoms with Gasteiger partial charge in [-0.2, -0.15) is 0 Å². The van der Waals surface area contributed by atoms with Crippen LogP contribution < -0.4 is 9.62 Å². The molecular weight excluding hydrogens is 536 g/mol. The first kappa shape index (κ1) is 29.2. The normalized spacial score (nSPS) is 14.5. The smallest absolute Gasteiger partial charge is 0.264 e. The SMILES string of the molecule is Cc1ccc(S(=O)(=O)N(CC(=O)N(Cc2ccc(F)cc2)[C@@H](C)C(=O)NC2CCCC2)c2ccc(F)cc2)cc1. The van der Waals surface area contributed by atoms with E-state index in [0.29, 0.717) is 5.56 Å². The Kier molecular flexibility index (Phi) is 9.19. The summed E-state index contributed by atoms with van der Waals surface area (Å²) < 4.78 is 55.7. The van der Waals surface area contributed by atoms with E-state index >= 15 is 0 Å².